The van der Waals surface area contributed by atoms with E-state index in [9.17, 15) is 13.2 Å². The Kier molecular flexibility index (Phi) is 8.92. The van der Waals surface area contributed by atoms with Gasteiger partial charge in [-0.1, -0.05) is 19.3 Å². The number of nitrogens with zero attached hydrogens (tertiary/aromatic N) is 1. The number of anilines is 1. The van der Waals surface area contributed by atoms with Crippen LogP contribution in [0.25, 0.3) is 0 Å². The largest absolute Gasteiger partial charge is 0.493 e. The zero-order valence-electron chi connectivity index (χ0n) is 20.3. The van der Waals surface area contributed by atoms with Crippen LogP contribution < -0.4 is 24.8 Å². The molecule has 1 aliphatic rings. The van der Waals surface area contributed by atoms with Crippen molar-refractivity contribution in [2.75, 3.05) is 33.7 Å². The maximum Gasteiger partial charge on any atom is 0.257 e. The van der Waals surface area contributed by atoms with Gasteiger partial charge >= 0.3 is 0 Å². The molecule has 0 spiro atoms. The first-order chi connectivity index (χ1) is 16.7. The number of sulfonamides is 1. The number of carbonyl (C=O) groups is 1. The Labute approximate surface area is 211 Å². The van der Waals surface area contributed by atoms with E-state index in [1.807, 2.05) is 0 Å². The number of benzene rings is 2. The lowest BCUT2D eigenvalue weighted by Gasteiger charge is -2.30. The Balaban J connectivity index is 1.66. The molecular formula is C24H31N3O6S2. The van der Waals surface area contributed by atoms with Gasteiger partial charge in [0.2, 0.25) is 15.8 Å². The number of amides is 1. The summed E-state index contributed by atoms with van der Waals surface area (Å²) >= 11 is 5.26. The van der Waals surface area contributed by atoms with Gasteiger partial charge in [0.1, 0.15) is 0 Å². The van der Waals surface area contributed by atoms with E-state index in [1.54, 1.807) is 19.2 Å². The summed E-state index contributed by atoms with van der Waals surface area (Å²) in [5.74, 6) is 0.572. The fourth-order valence-corrected chi connectivity index (χ4v) is 5.69. The normalized spacial score (nSPS) is 14.3. The number of hydrogen-bond donors (Lipinski definition) is 2. The van der Waals surface area contributed by atoms with Crippen molar-refractivity contribution < 1.29 is 27.4 Å². The minimum Gasteiger partial charge on any atom is -0.493 e. The fourth-order valence-electron chi connectivity index (χ4n) is 4.07. The third-order valence-electron chi connectivity index (χ3n) is 6.03. The number of hydrogen-bond acceptors (Lipinski definition) is 7. The van der Waals surface area contributed by atoms with Crippen molar-refractivity contribution in [3.05, 3.63) is 42.0 Å². The van der Waals surface area contributed by atoms with Crippen molar-refractivity contribution >= 4 is 38.9 Å². The lowest BCUT2D eigenvalue weighted by molar-refractivity contribution is 0.0977. The van der Waals surface area contributed by atoms with Gasteiger partial charge in [-0.25, -0.2) is 8.42 Å². The highest BCUT2D eigenvalue weighted by molar-refractivity contribution is 7.89. The van der Waals surface area contributed by atoms with Gasteiger partial charge < -0.3 is 19.5 Å². The molecule has 1 fully saturated rings. The van der Waals surface area contributed by atoms with Gasteiger partial charge in [-0.05, 0) is 61.5 Å². The van der Waals surface area contributed by atoms with Gasteiger partial charge in [0, 0.05) is 24.3 Å². The number of nitrogens with one attached hydrogen (secondary N) is 2. The van der Waals surface area contributed by atoms with E-state index in [0.29, 0.717) is 22.9 Å². The van der Waals surface area contributed by atoms with Crippen molar-refractivity contribution in [3.63, 3.8) is 0 Å². The number of carbonyl (C=O) groups excluding carboxylic acids is 1. The molecule has 0 heterocycles. The molecule has 0 radical (unpaired) electrons. The van der Waals surface area contributed by atoms with E-state index in [-0.39, 0.29) is 21.6 Å². The highest BCUT2D eigenvalue weighted by Crippen LogP contribution is 2.38. The van der Waals surface area contributed by atoms with Crippen LogP contribution in [0.1, 0.15) is 42.5 Å². The van der Waals surface area contributed by atoms with Crippen molar-refractivity contribution in [1.29, 1.82) is 0 Å². The number of rotatable bonds is 8. The summed E-state index contributed by atoms with van der Waals surface area (Å²) in [6.45, 7) is 0. The fraction of sp³-hybridized carbons (Fsp3) is 0.417. The first-order valence-corrected chi connectivity index (χ1v) is 13.1. The average Bonchev–Trinajstić information content (AvgIpc) is 2.87. The van der Waals surface area contributed by atoms with Gasteiger partial charge in [0.05, 0.1) is 26.2 Å². The molecule has 1 amide bonds. The maximum absolute atomic E-state index is 13.0. The molecular weight excluding hydrogens is 490 g/mol. The van der Waals surface area contributed by atoms with E-state index < -0.39 is 15.9 Å². The highest BCUT2D eigenvalue weighted by atomic mass is 32.2. The summed E-state index contributed by atoms with van der Waals surface area (Å²) in [6.07, 6.45) is 5.02. The third-order valence-corrected chi connectivity index (χ3v) is 8.16. The highest BCUT2D eigenvalue weighted by Gasteiger charge is 2.29. The molecule has 0 aromatic heterocycles. The van der Waals surface area contributed by atoms with Crippen molar-refractivity contribution in [3.8, 4) is 17.2 Å². The van der Waals surface area contributed by atoms with E-state index in [2.05, 4.69) is 10.6 Å². The minimum atomic E-state index is -3.59. The molecule has 0 aliphatic heterocycles. The van der Waals surface area contributed by atoms with Crippen LogP contribution in [0.15, 0.2) is 41.3 Å². The first kappa shape index (κ1) is 26.7. The van der Waals surface area contributed by atoms with Crippen LogP contribution in [0.3, 0.4) is 0 Å². The van der Waals surface area contributed by atoms with Gasteiger partial charge in [-0.2, -0.15) is 4.31 Å². The van der Waals surface area contributed by atoms with E-state index in [4.69, 9.17) is 26.4 Å². The van der Waals surface area contributed by atoms with Crippen molar-refractivity contribution in [2.45, 2.75) is 43.0 Å². The molecule has 11 heteroatoms. The second-order valence-corrected chi connectivity index (χ2v) is 10.6. The quantitative estimate of drug-likeness (QED) is 0.506. The molecule has 3 rings (SSSR count). The van der Waals surface area contributed by atoms with Crippen LogP contribution in [-0.2, 0) is 10.0 Å². The smallest absolute Gasteiger partial charge is 0.257 e. The van der Waals surface area contributed by atoms with Gasteiger partial charge in [0.25, 0.3) is 5.91 Å². The zero-order chi connectivity index (χ0) is 25.6. The predicted molar refractivity (Wildman–Crippen MR) is 138 cm³/mol. The molecule has 2 aromatic carbocycles. The molecule has 190 valence electrons. The lowest BCUT2D eigenvalue weighted by Crippen LogP contribution is -2.38. The van der Waals surface area contributed by atoms with Crippen LogP contribution in [0, 0.1) is 0 Å². The van der Waals surface area contributed by atoms with Crippen LogP contribution in [0.5, 0.6) is 17.2 Å². The molecule has 35 heavy (non-hydrogen) atoms. The van der Waals surface area contributed by atoms with Gasteiger partial charge in [0.15, 0.2) is 16.6 Å². The summed E-state index contributed by atoms with van der Waals surface area (Å²) in [7, 11) is 2.45. The Morgan fingerprint density at radius 1 is 0.971 bits per heavy atom. The monoisotopic (exact) mass is 521 g/mol. The summed E-state index contributed by atoms with van der Waals surface area (Å²) in [4.78, 5) is 12.9. The Morgan fingerprint density at radius 2 is 1.54 bits per heavy atom. The summed E-state index contributed by atoms with van der Waals surface area (Å²) in [5, 5.41) is 5.55. The zero-order valence-corrected chi connectivity index (χ0v) is 21.9. The lowest BCUT2D eigenvalue weighted by atomic mass is 9.96. The standard InChI is InChI=1S/C24H31N3O6S2/c1-27(18-8-6-5-7-9-18)35(29,30)19-12-10-17(11-13-19)25-24(34)26-23(28)16-14-20(31-2)22(33-4)21(15-16)32-3/h10-15,18H,5-9H2,1-4H3,(H2,25,26,28,34). The Hall–Kier alpha value is -2.89. The number of methoxy groups -OCH3 is 3. The molecule has 1 aliphatic carbocycles. The second kappa shape index (κ2) is 11.7. The van der Waals surface area contributed by atoms with Gasteiger partial charge in [-0.15, -0.1) is 0 Å². The minimum absolute atomic E-state index is 0.0320. The maximum atomic E-state index is 13.0. The van der Waals surface area contributed by atoms with Crippen LogP contribution in [-0.4, -0.2) is 58.2 Å². The molecule has 0 bridgehead atoms. The first-order valence-electron chi connectivity index (χ1n) is 11.2. The Bertz CT molecular complexity index is 1140. The van der Waals surface area contributed by atoms with Crippen LogP contribution >= 0.6 is 12.2 Å². The summed E-state index contributed by atoms with van der Waals surface area (Å²) in [5.41, 5.74) is 0.801. The summed E-state index contributed by atoms with van der Waals surface area (Å²) < 4.78 is 43.3. The van der Waals surface area contributed by atoms with Crippen molar-refractivity contribution in [1.82, 2.24) is 9.62 Å². The predicted octanol–water partition coefficient (Wildman–Crippen LogP) is 3.79. The van der Waals surface area contributed by atoms with Crippen LogP contribution in [0.4, 0.5) is 5.69 Å². The molecule has 0 saturated heterocycles. The van der Waals surface area contributed by atoms with E-state index in [1.165, 1.54) is 49.9 Å². The topological polar surface area (TPSA) is 106 Å². The van der Waals surface area contributed by atoms with Crippen molar-refractivity contribution in [2.24, 2.45) is 0 Å². The second-order valence-electron chi connectivity index (χ2n) is 8.16. The van der Waals surface area contributed by atoms with E-state index in [0.717, 1.165) is 32.1 Å². The molecule has 0 atom stereocenters. The SMILES string of the molecule is COc1cc(C(=O)NC(=S)Nc2ccc(S(=O)(=O)N(C)C3CCCCC3)cc2)cc(OC)c1OC. The molecule has 9 nitrogen and oxygen atoms in total. The van der Waals surface area contributed by atoms with Gasteiger partial charge in [-0.3, -0.25) is 10.1 Å². The number of thiocarbonyl (C=S) groups is 1. The summed E-state index contributed by atoms with van der Waals surface area (Å²) in [6, 6.07) is 9.34. The molecule has 0 unspecified atom stereocenters. The van der Waals surface area contributed by atoms with Crippen LogP contribution in [0.2, 0.25) is 0 Å². The molecule has 1 saturated carbocycles. The molecule has 2 N–H and O–H groups in total. The average molecular weight is 522 g/mol. The van der Waals surface area contributed by atoms with E-state index >= 15 is 0 Å². The molecule has 2 aromatic rings. The Morgan fingerprint density at radius 3 is 2.06 bits per heavy atom. The number of ether oxygens (including phenoxy) is 3. The third kappa shape index (κ3) is 6.22.